The Labute approximate surface area is 221 Å². The van der Waals surface area contributed by atoms with Gasteiger partial charge in [0.1, 0.15) is 5.82 Å². The zero-order valence-corrected chi connectivity index (χ0v) is 24.1. The van der Waals surface area contributed by atoms with Crippen molar-refractivity contribution in [2.75, 3.05) is 7.11 Å². The Hall–Kier alpha value is -2.67. The number of aromatic nitrogens is 2. The third-order valence-corrected chi connectivity index (χ3v) is 11.7. The van der Waals surface area contributed by atoms with Crippen LogP contribution in [0, 0.1) is 0 Å². The Morgan fingerprint density at radius 2 is 1.78 bits per heavy atom. The molecule has 0 saturated carbocycles. The zero-order valence-electron chi connectivity index (χ0n) is 22.4. The highest BCUT2D eigenvalue weighted by atomic mass is 35.5. The predicted octanol–water partition coefficient (Wildman–Crippen LogP) is 7.98. The third-order valence-electron chi connectivity index (χ3n) is 6.87. The number of halogens is 1. The summed E-state index contributed by atoms with van der Waals surface area (Å²) in [6.07, 6.45) is 5.01. The van der Waals surface area contributed by atoms with Crippen molar-refractivity contribution in [1.29, 1.82) is 0 Å². The Morgan fingerprint density at radius 3 is 2.39 bits per heavy atom. The predicted molar refractivity (Wildman–Crippen MR) is 151 cm³/mol. The SMILES string of the molecule is CCC=Cc1nc(Cl)c(CO[Si](C)(C)C(C)(C)C)n1Cc1ccc(-c2ccccc2C(=O)OC)cc1. The summed E-state index contributed by atoms with van der Waals surface area (Å²) in [4.78, 5) is 16.9. The first-order chi connectivity index (χ1) is 17.0. The van der Waals surface area contributed by atoms with Crippen molar-refractivity contribution in [3.05, 3.63) is 82.4 Å². The molecule has 36 heavy (non-hydrogen) atoms. The van der Waals surface area contributed by atoms with Crippen LogP contribution in [0.25, 0.3) is 17.2 Å². The molecule has 0 amide bonds. The summed E-state index contributed by atoms with van der Waals surface area (Å²) in [5, 5.41) is 0.582. The lowest BCUT2D eigenvalue weighted by atomic mass is 9.98. The summed E-state index contributed by atoms with van der Waals surface area (Å²) in [5.41, 5.74) is 4.33. The van der Waals surface area contributed by atoms with E-state index in [1.807, 2.05) is 36.4 Å². The van der Waals surface area contributed by atoms with Gasteiger partial charge in [-0.1, -0.05) is 87.8 Å². The fourth-order valence-electron chi connectivity index (χ4n) is 3.60. The first kappa shape index (κ1) is 27.9. The molecule has 192 valence electrons. The lowest BCUT2D eigenvalue weighted by Gasteiger charge is -2.36. The Bertz CT molecular complexity index is 1220. The van der Waals surface area contributed by atoms with Crippen LogP contribution in [0.15, 0.2) is 54.6 Å². The number of nitrogens with zero attached hydrogens (tertiary/aromatic N) is 2. The van der Waals surface area contributed by atoms with Gasteiger partial charge in [0.25, 0.3) is 0 Å². The molecule has 0 aliphatic carbocycles. The van der Waals surface area contributed by atoms with Crippen molar-refractivity contribution in [3.63, 3.8) is 0 Å². The maximum Gasteiger partial charge on any atom is 0.338 e. The highest BCUT2D eigenvalue weighted by molar-refractivity contribution is 6.74. The number of carbonyl (C=O) groups is 1. The normalized spacial score (nSPS) is 12.3. The van der Waals surface area contributed by atoms with Crippen LogP contribution in [0.2, 0.25) is 23.3 Å². The Morgan fingerprint density at radius 1 is 1.11 bits per heavy atom. The second kappa shape index (κ2) is 11.6. The number of ether oxygens (including phenoxy) is 1. The van der Waals surface area contributed by atoms with Crippen molar-refractivity contribution in [2.45, 2.75) is 65.4 Å². The molecule has 7 heteroatoms. The smallest absolute Gasteiger partial charge is 0.338 e. The van der Waals surface area contributed by atoms with Crippen LogP contribution in [-0.4, -0.2) is 30.9 Å². The van der Waals surface area contributed by atoms with Crippen LogP contribution >= 0.6 is 11.6 Å². The number of methoxy groups -OCH3 is 1. The van der Waals surface area contributed by atoms with Crippen LogP contribution in [0.5, 0.6) is 0 Å². The van der Waals surface area contributed by atoms with Gasteiger partial charge in [0, 0.05) is 6.54 Å². The molecule has 5 nitrogen and oxygen atoms in total. The molecule has 1 heterocycles. The van der Waals surface area contributed by atoms with Crippen molar-refractivity contribution in [2.24, 2.45) is 0 Å². The fraction of sp³-hybridized carbons (Fsp3) is 0.379. The van der Waals surface area contributed by atoms with Crippen molar-refractivity contribution < 1.29 is 14.0 Å². The van der Waals surface area contributed by atoms with E-state index in [2.05, 4.69) is 68.5 Å². The molecule has 0 saturated heterocycles. The highest BCUT2D eigenvalue weighted by Crippen LogP contribution is 2.37. The van der Waals surface area contributed by atoms with E-state index in [1.54, 1.807) is 6.07 Å². The Kier molecular flexibility index (Phi) is 8.98. The number of rotatable bonds is 9. The topological polar surface area (TPSA) is 53.4 Å². The van der Waals surface area contributed by atoms with Gasteiger partial charge in [-0.15, -0.1) is 0 Å². The number of hydrogen-bond acceptors (Lipinski definition) is 4. The first-order valence-corrected chi connectivity index (χ1v) is 15.6. The van der Waals surface area contributed by atoms with Crippen molar-refractivity contribution in [1.82, 2.24) is 9.55 Å². The molecular formula is C29H37ClN2O3Si. The van der Waals surface area contributed by atoms with Gasteiger partial charge in [-0.3, -0.25) is 0 Å². The summed E-state index contributed by atoms with van der Waals surface area (Å²) in [6.45, 7) is 14.3. The van der Waals surface area contributed by atoms with E-state index in [4.69, 9.17) is 20.8 Å². The number of imidazole rings is 1. The van der Waals surface area contributed by atoms with E-state index >= 15 is 0 Å². The lowest BCUT2D eigenvalue weighted by Crippen LogP contribution is -2.40. The average Bonchev–Trinajstić information content (AvgIpc) is 3.14. The summed E-state index contributed by atoms with van der Waals surface area (Å²) in [7, 11) is -0.562. The van der Waals surface area contributed by atoms with Gasteiger partial charge in [0.2, 0.25) is 0 Å². The molecule has 0 unspecified atom stereocenters. The maximum absolute atomic E-state index is 12.2. The van der Waals surface area contributed by atoms with Gasteiger partial charge in [-0.25, -0.2) is 9.78 Å². The number of carbonyl (C=O) groups excluding carboxylic acids is 1. The largest absolute Gasteiger partial charge is 0.465 e. The van der Waals surface area contributed by atoms with E-state index in [0.29, 0.717) is 23.9 Å². The molecule has 0 aliphatic heterocycles. The van der Waals surface area contributed by atoms with Gasteiger partial charge >= 0.3 is 5.97 Å². The minimum atomic E-state index is -1.96. The standard InChI is InChI=1S/C29H37ClN2O3Si/c1-8-9-14-26-31-27(30)25(20-35-36(6,7)29(2,3)4)32(26)19-21-15-17-22(18-16-21)23-12-10-11-13-24(23)28(33)34-5/h9-18H,8,19-20H2,1-7H3. The average molecular weight is 525 g/mol. The van der Waals surface area contributed by atoms with Crippen LogP contribution in [0.4, 0.5) is 0 Å². The van der Waals surface area contributed by atoms with Crippen LogP contribution in [0.3, 0.4) is 0 Å². The van der Waals surface area contributed by atoms with Crippen LogP contribution < -0.4 is 0 Å². The summed E-state index contributed by atoms with van der Waals surface area (Å²) in [5.74, 6) is 0.470. The third kappa shape index (κ3) is 6.36. The van der Waals surface area contributed by atoms with Gasteiger partial charge in [-0.2, -0.15) is 0 Å². The van der Waals surface area contributed by atoms with E-state index < -0.39 is 8.32 Å². The lowest BCUT2D eigenvalue weighted by molar-refractivity contribution is 0.0601. The fourth-order valence-corrected chi connectivity index (χ4v) is 4.77. The molecule has 0 atom stereocenters. The summed E-state index contributed by atoms with van der Waals surface area (Å²) in [6, 6.07) is 15.7. The molecule has 0 fully saturated rings. The van der Waals surface area contributed by atoms with Crippen LogP contribution in [-0.2, 0) is 22.3 Å². The molecule has 3 aromatic rings. The second-order valence-corrected chi connectivity index (χ2v) is 15.6. The van der Waals surface area contributed by atoms with Gasteiger partial charge in [-0.05, 0) is 53.4 Å². The Balaban J connectivity index is 1.93. The van der Waals surface area contributed by atoms with E-state index in [-0.39, 0.29) is 11.0 Å². The number of benzene rings is 2. The quantitative estimate of drug-likeness (QED) is 0.210. The van der Waals surface area contributed by atoms with Crippen molar-refractivity contribution in [3.8, 4) is 11.1 Å². The molecule has 3 rings (SSSR count). The molecule has 0 spiro atoms. The molecule has 0 bridgehead atoms. The van der Waals surface area contributed by atoms with E-state index in [0.717, 1.165) is 34.6 Å². The van der Waals surface area contributed by atoms with Gasteiger partial charge < -0.3 is 13.7 Å². The van der Waals surface area contributed by atoms with Crippen molar-refractivity contribution >= 4 is 32.0 Å². The number of allylic oxidation sites excluding steroid dienone is 1. The molecule has 0 aliphatic rings. The van der Waals surface area contributed by atoms with E-state index in [1.165, 1.54) is 7.11 Å². The minimum Gasteiger partial charge on any atom is -0.465 e. The second-order valence-electron chi connectivity index (χ2n) is 10.4. The first-order valence-electron chi connectivity index (χ1n) is 12.3. The van der Waals surface area contributed by atoms with Crippen LogP contribution in [0.1, 0.15) is 61.6 Å². The maximum atomic E-state index is 12.2. The number of hydrogen-bond donors (Lipinski definition) is 0. The monoisotopic (exact) mass is 524 g/mol. The summed E-state index contributed by atoms with van der Waals surface area (Å²) < 4.78 is 13.6. The molecule has 0 radical (unpaired) electrons. The summed E-state index contributed by atoms with van der Waals surface area (Å²) >= 11 is 6.63. The molecule has 2 aromatic carbocycles. The molecule has 0 N–H and O–H groups in total. The highest BCUT2D eigenvalue weighted by Gasteiger charge is 2.37. The van der Waals surface area contributed by atoms with Gasteiger partial charge in [0.05, 0.1) is 25.0 Å². The minimum absolute atomic E-state index is 0.103. The number of esters is 1. The molecule has 1 aromatic heterocycles. The zero-order chi connectivity index (χ0) is 26.5. The van der Waals surface area contributed by atoms with E-state index in [9.17, 15) is 4.79 Å². The molecular weight excluding hydrogens is 488 g/mol. The van der Waals surface area contributed by atoms with Gasteiger partial charge in [0.15, 0.2) is 13.5 Å².